The quantitative estimate of drug-likeness (QED) is 0.276. The van der Waals surface area contributed by atoms with Crippen molar-refractivity contribution in [3.63, 3.8) is 0 Å². The van der Waals surface area contributed by atoms with Crippen LogP contribution in [0.2, 0.25) is 0 Å². The van der Waals surface area contributed by atoms with Gasteiger partial charge >= 0.3 is 0 Å². The van der Waals surface area contributed by atoms with E-state index in [4.69, 9.17) is 14.2 Å². The summed E-state index contributed by atoms with van der Waals surface area (Å²) in [6.45, 7) is 8.82. The Balaban J connectivity index is 1.65. The largest absolute Gasteiger partial charge is 0.494 e. The number of aryl methyl sites for hydroxylation is 1. The highest BCUT2D eigenvalue weighted by molar-refractivity contribution is 7.93. The number of sulfone groups is 1. The molecule has 218 valence electrons. The minimum Gasteiger partial charge on any atom is -0.494 e. The van der Waals surface area contributed by atoms with Gasteiger partial charge in [-0.1, -0.05) is 17.4 Å². The van der Waals surface area contributed by atoms with Crippen LogP contribution in [-0.4, -0.2) is 94.5 Å². The number of halogens is 1. The van der Waals surface area contributed by atoms with Crippen molar-refractivity contribution in [2.75, 3.05) is 76.5 Å². The molecule has 1 saturated heterocycles. The number of rotatable bonds is 14. The second kappa shape index (κ2) is 14.1. The standard InChI is InChI=1S/C26H35FN6O5S2/c1-4-38-20-7-5-8-21(17-20)40(34,35)22-18-29-26(39-22)33(11-6-10-32-12-15-37-16-13-32)25-23(27)24(28-9-14-36-3)30-19(2)31-25/h5,7-8,17-18H,4,6,9-16H2,1-3H3,(H,28,30,31). The van der Waals surface area contributed by atoms with Gasteiger partial charge in [-0.3, -0.25) is 9.80 Å². The molecule has 0 aliphatic carbocycles. The van der Waals surface area contributed by atoms with Crippen LogP contribution < -0.4 is 15.0 Å². The normalized spacial score (nSPS) is 14.3. The van der Waals surface area contributed by atoms with E-state index < -0.39 is 15.7 Å². The van der Waals surface area contributed by atoms with Gasteiger partial charge in [0.2, 0.25) is 15.7 Å². The van der Waals surface area contributed by atoms with Gasteiger partial charge in [0, 0.05) is 39.8 Å². The van der Waals surface area contributed by atoms with E-state index in [0.29, 0.717) is 62.6 Å². The first-order valence-electron chi connectivity index (χ1n) is 13.1. The molecule has 0 amide bonds. The number of hydrogen-bond acceptors (Lipinski definition) is 12. The lowest BCUT2D eigenvalue weighted by molar-refractivity contribution is 0.0377. The van der Waals surface area contributed by atoms with Gasteiger partial charge < -0.3 is 19.5 Å². The van der Waals surface area contributed by atoms with Crippen molar-refractivity contribution in [1.29, 1.82) is 0 Å². The molecule has 3 heterocycles. The van der Waals surface area contributed by atoms with Crippen LogP contribution in [0.15, 0.2) is 39.6 Å². The molecule has 1 fully saturated rings. The topological polar surface area (TPSA) is 119 Å². The van der Waals surface area contributed by atoms with Crippen molar-refractivity contribution in [3.05, 3.63) is 42.1 Å². The van der Waals surface area contributed by atoms with Crippen molar-refractivity contribution in [2.24, 2.45) is 0 Å². The molecule has 0 radical (unpaired) electrons. The molecular weight excluding hydrogens is 559 g/mol. The number of hydrogen-bond donors (Lipinski definition) is 1. The van der Waals surface area contributed by atoms with E-state index in [1.54, 1.807) is 31.1 Å². The molecule has 0 atom stereocenters. The second-order valence-corrected chi connectivity index (χ2v) is 12.2. The Morgan fingerprint density at radius 2 is 2.05 bits per heavy atom. The third-order valence-corrected chi connectivity index (χ3v) is 9.39. The lowest BCUT2D eigenvalue weighted by atomic mass is 10.3. The fraction of sp³-hybridized carbons (Fsp3) is 0.500. The van der Waals surface area contributed by atoms with Gasteiger partial charge in [-0.2, -0.15) is 4.39 Å². The number of anilines is 3. The minimum atomic E-state index is -3.88. The summed E-state index contributed by atoms with van der Waals surface area (Å²) >= 11 is 0.970. The summed E-state index contributed by atoms with van der Waals surface area (Å²) in [5.74, 6) is 0.273. The van der Waals surface area contributed by atoms with Crippen LogP contribution in [0.25, 0.3) is 0 Å². The number of methoxy groups -OCH3 is 1. The van der Waals surface area contributed by atoms with Crippen molar-refractivity contribution < 1.29 is 27.0 Å². The number of thiazole rings is 1. The fourth-order valence-electron chi connectivity index (χ4n) is 4.19. The highest BCUT2D eigenvalue weighted by Gasteiger charge is 2.27. The highest BCUT2D eigenvalue weighted by atomic mass is 32.2. The number of nitrogens with zero attached hydrogens (tertiary/aromatic N) is 5. The Hall–Kier alpha value is -2.91. The maximum atomic E-state index is 15.8. The predicted octanol–water partition coefficient (Wildman–Crippen LogP) is 3.53. The van der Waals surface area contributed by atoms with E-state index >= 15 is 4.39 Å². The molecule has 0 saturated carbocycles. The van der Waals surface area contributed by atoms with E-state index in [-0.39, 0.29) is 20.7 Å². The number of benzene rings is 1. The average molecular weight is 595 g/mol. The van der Waals surface area contributed by atoms with Crippen LogP contribution in [0.3, 0.4) is 0 Å². The van der Waals surface area contributed by atoms with Crippen molar-refractivity contribution in [2.45, 2.75) is 29.4 Å². The molecule has 4 rings (SSSR count). The Morgan fingerprint density at radius 3 is 2.80 bits per heavy atom. The monoisotopic (exact) mass is 594 g/mol. The first-order chi connectivity index (χ1) is 19.3. The molecule has 1 N–H and O–H groups in total. The molecule has 1 aliphatic heterocycles. The second-order valence-electron chi connectivity index (χ2n) is 9.01. The molecule has 11 nitrogen and oxygen atoms in total. The fourth-order valence-corrected chi connectivity index (χ4v) is 6.78. The smallest absolute Gasteiger partial charge is 0.217 e. The molecule has 0 unspecified atom stereocenters. The zero-order valence-corrected chi connectivity index (χ0v) is 24.6. The number of nitrogens with one attached hydrogen (secondary N) is 1. The third kappa shape index (κ3) is 7.43. The lowest BCUT2D eigenvalue weighted by Gasteiger charge is -2.28. The van der Waals surface area contributed by atoms with E-state index in [0.717, 1.165) is 31.0 Å². The van der Waals surface area contributed by atoms with E-state index in [2.05, 4.69) is 25.2 Å². The van der Waals surface area contributed by atoms with Crippen LogP contribution >= 0.6 is 11.3 Å². The Kier molecular flexibility index (Phi) is 10.6. The van der Waals surface area contributed by atoms with Crippen molar-refractivity contribution in [1.82, 2.24) is 19.9 Å². The van der Waals surface area contributed by atoms with Crippen LogP contribution in [0.4, 0.5) is 21.2 Å². The third-order valence-electron chi connectivity index (χ3n) is 6.15. The van der Waals surface area contributed by atoms with E-state index in [1.807, 2.05) is 6.92 Å². The average Bonchev–Trinajstić information content (AvgIpc) is 3.45. The molecule has 14 heteroatoms. The van der Waals surface area contributed by atoms with Crippen LogP contribution in [0.1, 0.15) is 19.2 Å². The summed E-state index contributed by atoms with van der Waals surface area (Å²) in [5.41, 5.74) is 0. The summed E-state index contributed by atoms with van der Waals surface area (Å²) in [4.78, 5) is 17.0. The van der Waals surface area contributed by atoms with Gasteiger partial charge in [0.15, 0.2) is 16.8 Å². The molecule has 1 aliphatic rings. The Labute approximate surface area is 238 Å². The molecule has 0 spiro atoms. The Bertz CT molecular complexity index is 1370. The van der Waals surface area contributed by atoms with E-state index in [1.165, 1.54) is 18.3 Å². The lowest BCUT2D eigenvalue weighted by Crippen LogP contribution is -2.38. The highest BCUT2D eigenvalue weighted by Crippen LogP contribution is 2.36. The molecular formula is C26H35FN6O5S2. The SMILES string of the molecule is CCOc1cccc(S(=O)(=O)c2cnc(N(CCCN3CCOCC3)c3nc(C)nc(NCCOC)c3F)s2)c1. The van der Waals surface area contributed by atoms with Crippen LogP contribution in [-0.2, 0) is 19.3 Å². The van der Waals surface area contributed by atoms with Gasteiger partial charge in [0.05, 0.1) is 37.5 Å². The van der Waals surface area contributed by atoms with Gasteiger partial charge in [0.1, 0.15) is 15.8 Å². The molecule has 3 aromatic rings. The molecule has 40 heavy (non-hydrogen) atoms. The zero-order chi connectivity index (χ0) is 28.5. The number of morpholine rings is 1. The zero-order valence-electron chi connectivity index (χ0n) is 22.9. The first-order valence-corrected chi connectivity index (χ1v) is 15.4. The van der Waals surface area contributed by atoms with Crippen molar-refractivity contribution in [3.8, 4) is 5.75 Å². The molecule has 0 bridgehead atoms. The number of ether oxygens (including phenoxy) is 3. The van der Waals surface area contributed by atoms with Crippen LogP contribution in [0, 0.1) is 12.7 Å². The molecule has 2 aromatic heterocycles. The minimum absolute atomic E-state index is 0.0334. The van der Waals surface area contributed by atoms with Gasteiger partial charge in [0.25, 0.3) is 0 Å². The van der Waals surface area contributed by atoms with Gasteiger partial charge in [-0.15, -0.1) is 0 Å². The Morgan fingerprint density at radius 1 is 1.25 bits per heavy atom. The van der Waals surface area contributed by atoms with Crippen molar-refractivity contribution >= 4 is 37.9 Å². The number of aromatic nitrogens is 3. The van der Waals surface area contributed by atoms with Gasteiger partial charge in [-0.05, 0) is 38.5 Å². The summed E-state index contributed by atoms with van der Waals surface area (Å²) in [6, 6.07) is 6.34. The summed E-state index contributed by atoms with van der Waals surface area (Å²) < 4.78 is 58.7. The van der Waals surface area contributed by atoms with Crippen LogP contribution in [0.5, 0.6) is 5.75 Å². The predicted molar refractivity (Wildman–Crippen MR) is 151 cm³/mol. The summed E-state index contributed by atoms with van der Waals surface area (Å²) in [7, 11) is -2.32. The maximum absolute atomic E-state index is 15.8. The summed E-state index contributed by atoms with van der Waals surface area (Å²) in [6.07, 6.45) is 1.98. The maximum Gasteiger partial charge on any atom is 0.217 e. The first kappa shape index (κ1) is 30.1. The van der Waals surface area contributed by atoms with Gasteiger partial charge in [-0.25, -0.2) is 23.4 Å². The molecule has 1 aromatic carbocycles. The van der Waals surface area contributed by atoms with E-state index in [9.17, 15) is 8.42 Å². The summed E-state index contributed by atoms with van der Waals surface area (Å²) in [5, 5.41) is 3.27.